The van der Waals surface area contributed by atoms with Gasteiger partial charge in [-0.05, 0) is 36.2 Å². The standard InChI is InChI=1S/C18H16ClN3S/c1-2-16-17(21-15-9-4-3-6-13(15)11-20)22-18(23-16)12-7-5-8-14(19)10-12/h3-10,16,18H,2H2,1H3,(H,21,22). The number of thioether (sulfide) groups is 1. The number of para-hydroxylation sites is 1. The molecule has 0 aromatic heterocycles. The predicted molar refractivity (Wildman–Crippen MR) is 98.1 cm³/mol. The Morgan fingerprint density at radius 1 is 1.26 bits per heavy atom. The molecule has 1 aliphatic heterocycles. The Kier molecular flexibility index (Phi) is 4.90. The van der Waals surface area contributed by atoms with E-state index >= 15 is 0 Å². The molecule has 0 fully saturated rings. The first-order valence-electron chi connectivity index (χ1n) is 7.46. The van der Waals surface area contributed by atoms with Gasteiger partial charge in [-0.1, -0.05) is 42.8 Å². The average Bonchev–Trinajstić information content (AvgIpc) is 2.98. The molecule has 2 aromatic carbocycles. The summed E-state index contributed by atoms with van der Waals surface area (Å²) in [5.74, 6) is 0.921. The van der Waals surface area contributed by atoms with Crippen LogP contribution in [-0.4, -0.2) is 11.1 Å². The number of benzene rings is 2. The molecule has 3 nitrogen and oxygen atoms in total. The molecular formula is C18H16ClN3S. The molecule has 23 heavy (non-hydrogen) atoms. The second kappa shape index (κ2) is 7.08. The largest absolute Gasteiger partial charge is 0.342 e. The van der Waals surface area contributed by atoms with Crippen molar-refractivity contribution in [2.75, 3.05) is 5.32 Å². The van der Waals surface area contributed by atoms with Crippen molar-refractivity contribution in [2.45, 2.75) is 24.0 Å². The lowest BCUT2D eigenvalue weighted by atomic mass is 10.2. The molecule has 116 valence electrons. The van der Waals surface area contributed by atoms with Crippen LogP contribution in [0.1, 0.15) is 29.8 Å². The summed E-state index contributed by atoms with van der Waals surface area (Å²) in [6, 6.07) is 17.5. The number of rotatable bonds is 3. The third-order valence-electron chi connectivity index (χ3n) is 3.67. The SMILES string of the molecule is CCC1SC(c2cccc(Cl)c2)N=C1Nc1ccccc1C#N. The van der Waals surface area contributed by atoms with Gasteiger partial charge in [-0.2, -0.15) is 5.26 Å². The number of nitrogens with one attached hydrogen (secondary N) is 1. The Balaban J connectivity index is 1.88. The molecule has 1 N–H and O–H groups in total. The van der Waals surface area contributed by atoms with Gasteiger partial charge in [0.25, 0.3) is 0 Å². The molecule has 0 saturated carbocycles. The fourth-order valence-corrected chi connectivity index (χ4v) is 3.93. The maximum Gasteiger partial charge on any atom is 0.123 e. The molecule has 3 rings (SSSR count). The molecule has 0 amide bonds. The summed E-state index contributed by atoms with van der Waals surface area (Å²) in [5, 5.41) is 13.6. The third-order valence-corrected chi connectivity index (χ3v) is 5.42. The third kappa shape index (κ3) is 3.52. The molecule has 0 aliphatic carbocycles. The highest BCUT2D eigenvalue weighted by Gasteiger charge is 2.29. The van der Waals surface area contributed by atoms with Gasteiger partial charge in [0.15, 0.2) is 0 Å². The Morgan fingerprint density at radius 3 is 2.83 bits per heavy atom. The summed E-state index contributed by atoms with van der Waals surface area (Å²) in [7, 11) is 0. The van der Waals surface area contributed by atoms with Gasteiger partial charge >= 0.3 is 0 Å². The maximum atomic E-state index is 9.23. The lowest BCUT2D eigenvalue weighted by Gasteiger charge is -2.13. The van der Waals surface area contributed by atoms with Gasteiger partial charge in [-0.15, -0.1) is 11.8 Å². The van der Waals surface area contributed by atoms with Gasteiger partial charge in [-0.25, -0.2) is 0 Å². The van der Waals surface area contributed by atoms with E-state index in [9.17, 15) is 5.26 Å². The van der Waals surface area contributed by atoms with E-state index in [4.69, 9.17) is 16.6 Å². The van der Waals surface area contributed by atoms with Gasteiger partial charge in [-0.3, -0.25) is 4.99 Å². The van der Waals surface area contributed by atoms with Crippen molar-refractivity contribution in [1.82, 2.24) is 0 Å². The highest BCUT2D eigenvalue weighted by atomic mass is 35.5. The number of amidine groups is 1. The second-order valence-corrected chi connectivity index (χ2v) is 6.96. The van der Waals surface area contributed by atoms with Crippen LogP contribution in [-0.2, 0) is 0 Å². The van der Waals surface area contributed by atoms with E-state index in [1.54, 1.807) is 17.8 Å². The Labute approximate surface area is 145 Å². The quantitative estimate of drug-likeness (QED) is 0.829. The smallest absolute Gasteiger partial charge is 0.123 e. The summed E-state index contributed by atoms with van der Waals surface area (Å²) >= 11 is 7.90. The fourth-order valence-electron chi connectivity index (χ4n) is 2.50. The zero-order valence-electron chi connectivity index (χ0n) is 12.7. The van der Waals surface area contributed by atoms with Crippen LogP contribution in [0.2, 0.25) is 5.02 Å². The number of halogens is 1. The first-order valence-corrected chi connectivity index (χ1v) is 8.78. The van der Waals surface area contributed by atoms with E-state index < -0.39 is 0 Å². The molecule has 2 aromatic rings. The van der Waals surface area contributed by atoms with Crippen LogP contribution in [0.3, 0.4) is 0 Å². The number of anilines is 1. The molecule has 0 saturated heterocycles. The van der Waals surface area contributed by atoms with Crippen LogP contribution >= 0.6 is 23.4 Å². The summed E-state index contributed by atoms with van der Waals surface area (Å²) < 4.78 is 0. The Hall–Kier alpha value is -1.96. The van der Waals surface area contributed by atoms with Crippen LogP contribution in [0.15, 0.2) is 53.5 Å². The monoisotopic (exact) mass is 341 g/mol. The number of nitriles is 1. The highest BCUT2D eigenvalue weighted by molar-refractivity contribution is 8.01. The Morgan fingerprint density at radius 2 is 2.09 bits per heavy atom. The highest BCUT2D eigenvalue weighted by Crippen LogP contribution is 2.41. The van der Waals surface area contributed by atoms with E-state index in [1.165, 1.54) is 0 Å². The molecule has 2 unspecified atom stereocenters. The molecule has 5 heteroatoms. The number of hydrogen-bond donors (Lipinski definition) is 1. The van der Waals surface area contributed by atoms with Gasteiger partial charge in [0, 0.05) is 5.02 Å². The zero-order valence-corrected chi connectivity index (χ0v) is 14.2. The van der Waals surface area contributed by atoms with E-state index in [2.05, 4.69) is 18.3 Å². The lowest BCUT2D eigenvalue weighted by molar-refractivity contribution is 1.02. The molecule has 1 aliphatic rings. The lowest BCUT2D eigenvalue weighted by Crippen LogP contribution is -2.21. The maximum absolute atomic E-state index is 9.23. The minimum absolute atomic E-state index is 0.0374. The normalized spacial score (nSPS) is 20.0. The number of aliphatic imine (C=N–C) groups is 1. The molecule has 1 heterocycles. The van der Waals surface area contributed by atoms with Gasteiger partial charge in [0.2, 0.25) is 0 Å². The van der Waals surface area contributed by atoms with E-state index in [1.807, 2.05) is 42.5 Å². The van der Waals surface area contributed by atoms with E-state index in [0.717, 1.165) is 28.5 Å². The van der Waals surface area contributed by atoms with Crippen molar-refractivity contribution in [3.8, 4) is 6.07 Å². The van der Waals surface area contributed by atoms with Crippen molar-refractivity contribution < 1.29 is 0 Å². The topological polar surface area (TPSA) is 48.2 Å². The first-order chi connectivity index (χ1) is 11.2. The Bertz CT molecular complexity index is 782. The summed E-state index contributed by atoms with van der Waals surface area (Å²) in [4.78, 5) is 4.82. The predicted octanol–water partition coefficient (Wildman–Crippen LogP) is 5.25. The van der Waals surface area contributed by atoms with Crippen molar-refractivity contribution in [3.63, 3.8) is 0 Å². The van der Waals surface area contributed by atoms with Crippen LogP contribution < -0.4 is 5.32 Å². The molecule has 0 spiro atoms. The number of hydrogen-bond acceptors (Lipinski definition) is 4. The molecule has 0 radical (unpaired) electrons. The van der Waals surface area contributed by atoms with Gasteiger partial charge in [0.05, 0.1) is 16.5 Å². The first kappa shape index (κ1) is 15.9. The fraction of sp³-hybridized carbons (Fsp3) is 0.222. The minimum atomic E-state index is 0.0374. The molecule has 2 atom stereocenters. The van der Waals surface area contributed by atoms with Crippen LogP contribution in [0.5, 0.6) is 0 Å². The van der Waals surface area contributed by atoms with Crippen molar-refractivity contribution in [2.24, 2.45) is 4.99 Å². The zero-order chi connectivity index (χ0) is 16.2. The molecule has 0 bridgehead atoms. The van der Waals surface area contributed by atoms with E-state index in [-0.39, 0.29) is 10.6 Å². The summed E-state index contributed by atoms with van der Waals surface area (Å²) in [5.41, 5.74) is 2.53. The van der Waals surface area contributed by atoms with Crippen LogP contribution in [0.25, 0.3) is 0 Å². The van der Waals surface area contributed by atoms with Crippen LogP contribution in [0, 0.1) is 11.3 Å². The van der Waals surface area contributed by atoms with Gasteiger partial charge < -0.3 is 5.32 Å². The summed E-state index contributed by atoms with van der Waals surface area (Å²) in [6.07, 6.45) is 0.974. The molecular weight excluding hydrogens is 326 g/mol. The van der Waals surface area contributed by atoms with Gasteiger partial charge in [0.1, 0.15) is 17.3 Å². The van der Waals surface area contributed by atoms with Crippen molar-refractivity contribution in [1.29, 1.82) is 5.26 Å². The second-order valence-electron chi connectivity index (χ2n) is 5.24. The van der Waals surface area contributed by atoms with E-state index in [0.29, 0.717) is 5.56 Å². The average molecular weight is 342 g/mol. The summed E-state index contributed by atoms with van der Waals surface area (Å²) in [6.45, 7) is 2.14. The van der Waals surface area contributed by atoms with Crippen LogP contribution in [0.4, 0.5) is 5.69 Å². The van der Waals surface area contributed by atoms with Crippen molar-refractivity contribution in [3.05, 3.63) is 64.7 Å². The minimum Gasteiger partial charge on any atom is -0.342 e. The number of nitrogens with zero attached hydrogens (tertiary/aromatic N) is 2. The van der Waals surface area contributed by atoms with Crippen molar-refractivity contribution >= 4 is 34.9 Å².